The van der Waals surface area contributed by atoms with Gasteiger partial charge in [0.15, 0.2) is 0 Å². The van der Waals surface area contributed by atoms with Gasteiger partial charge in [0.05, 0.1) is 11.0 Å². The molecule has 3 aromatic rings. The molecule has 96 valence electrons. The van der Waals surface area contributed by atoms with E-state index in [1.807, 2.05) is 31.4 Å². The summed E-state index contributed by atoms with van der Waals surface area (Å²) in [6.07, 6.45) is 3.58. The van der Waals surface area contributed by atoms with Crippen LogP contribution >= 0.6 is 15.9 Å². The molecule has 0 fully saturated rings. The average Bonchev–Trinajstić information content (AvgIpc) is 2.75. The highest BCUT2D eigenvalue weighted by Gasteiger charge is 2.10. The lowest BCUT2D eigenvalue weighted by atomic mass is 10.2. The third-order valence-corrected chi connectivity index (χ3v) is 3.58. The molecule has 2 heterocycles. The van der Waals surface area contributed by atoms with E-state index in [-0.39, 0.29) is 0 Å². The lowest BCUT2D eigenvalue weighted by Gasteiger charge is -2.02. The molecule has 0 aliphatic rings. The second-order valence-corrected chi connectivity index (χ2v) is 5.33. The van der Waals surface area contributed by atoms with Crippen molar-refractivity contribution in [2.75, 3.05) is 0 Å². The summed E-state index contributed by atoms with van der Waals surface area (Å²) in [6.45, 7) is 0.528. The highest BCUT2D eigenvalue weighted by atomic mass is 79.9. The van der Waals surface area contributed by atoms with Gasteiger partial charge in [-0.15, -0.1) is 0 Å². The Balaban J connectivity index is 2.22. The Morgan fingerprint density at radius 3 is 2.84 bits per heavy atom. The van der Waals surface area contributed by atoms with Crippen LogP contribution in [0.2, 0.25) is 0 Å². The monoisotopic (exact) mass is 316 g/mol. The van der Waals surface area contributed by atoms with E-state index in [2.05, 4.69) is 36.5 Å². The molecule has 1 aromatic carbocycles. The van der Waals surface area contributed by atoms with E-state index < -0.39 is 0 Å². The normalized spacial score (nSPS) is 11.1. The summed E-state index contributed by atoms with van der Waals surface area (Å²) in [6, 6.07) is 8.13. The minimum Gasteiger partial charge on any atom is -0.327 e. The summed E-state index contributed by atoms with van der Waals surface area (Å²) in [5, 5.41) is 0. The molecule has 0 aliphatic carbocycles. The van der Waals surface area contributed by atoms with Gasteiger partial charge >= 0.3 is 0 Å². The first-order valence-electron chi connectivity index (χ1n) is 5.95. The van der Waals surface area contributed by atoms with Gasteiger partial charge in [-0.05, 0) is 39.7 Å². The number of halogens is 1. The third-order valence-electron chi connectivity index (χ3n) is 3.14. The Morgan fingerprint density at radius 1 is 1.26 bits per heavy atom. The number of pyridine rings is 1. The first-order chi connectivity index (χ1) is 9.19. The van der Waals surface area contributed by atoms with E-state index in [1.165, 1.54) is 0 Å². The van der Waals surface area contributed by atoms with Gasteiger partial charge in [0.2, 0.25) is 0 Å². The number of hydrogen-bond donors (Lipinski definition) is 1. The maximum absolute atomic E-state index is 5.67. The Labute approximate surface area is 119 Å². The van der Waals surface area contributed by atoms with E-state index >= 15 is 0 Å². The maximum atomic E-state index is 5.67. The topological polar surface area (TPSA) is 56.7 Å². The highest BCUT2D eigenvalue weighted by molar-refractivity contribution is 9.10. The van der Waals surface area contributed by atoms with Gasteiger partial charge in [0.1, 0.15) is 5.82 Å². The molecule has 3 rings (SSSR count). The molecule has 0 atom stereocenters. The fraction of sp³-hybridized carbons (Fsp3) is 0.143. The first kappa shape index (κ1) is 12.3. The number of hydrogen-bond acceptors (Lipinski definition) is 3. The summed E-state index contributed by atoms with van der Waals surface area (Å²) in [5.74, 6) is 0.901. The quantitative estimate of drug-likeness (QED) is 0.791. The number of rotatable bonds is 2. The molecule has 0 unspecified atom stereocenters. The van der Waals surface area contributed by atoms with Crippen LogP contribution in [0.15, 0.2) is 41.1 Å². The number of imidazole rings is 1. The van der Waals surface area contributed by atoms with Crippen LogP contribution in [0.3, 0.4) is 0 Å². The highest BCUT2D eigenvalue weighted by Crippen LogP contribution is 2.25. The van der Waals surface area contributed by atoms with Gasteiger partial charge in [-0.2, -0.15) is 0 Å². The third kappa shape index (κ3) is 2.15. The van der Waals surface area contributed by atoms with Crippen molar-refractivity contribution in [3.63, 3.8) is 0 Å². The second-order valence-electron chi connectivity index (χ2n) is 4.41. The smallest absolute Gasteiger partial charge is 0.142 e. The molecule has 0 radical (unpaired) electrons. The summed E-state index contributed by atoms with van der Waals surface area (Å²) in [4.78, 5) is 8.86. The van der Waals surface area contributed by atoms with Gasteiger partial charge < -0.3 is 10.3 Å². The van der Waals surface area contributed by atoms with Crippen molar-refractivity contribution in [1.82, 2.24) is 14.5 Å². The standard InChI is InChI=1S/C14H13BrN4/c1-19-13-3-2-9(6-16)4-12(13)18-14(19)10-5-11(15)8-17-7-10/h2-5,7-8H,6,16H2,1H3. The van der Waals surface area contributed by atoms with Crippen LogP contribution in [-0.2, 0) is 13.6 Å². The molecule has 0 saturated heterocycles. The van der Waals surface area contributed by atoms with Gasteiger partial charge in [-0.1, -0.05) is 6.07 Å². The largest absolute Gasteiger partial charge is 0.327 e. The molecular formula is C14H13BrN4. The molecule has 4 nitrogen and oxygen atoms in total. The Bertz CT molecular complexity index is 748. The van der Waals surface area contributed by atoms with Crippen LogP contribution < -0.4 is 5.73 Å². The van der Waals surface area contributed by atoms with Crippen molar-refractivity contribution < 1.29 is 0 Å². The van der Waals surface area contributed by atoms with Crippen molar-refractivity contribution in [1.29, 1.82) is 0 Å². The summed E-state index contributed by atoms with van der Waals surface area (Å²) in [7, 11) is 2.01. The van der Waals surface area contributed by atoms with E-state index in [0.29, 0.717) is 6.54 Å². The van der Waals surface area contributed by atoms with Crippen molar-refractivity contribution >= 4 is 27.0 Å². The Hall–Kier alpha value is -1.72. The molecular weight excluding hydrogens is 304 g/mol. The molecule has 0 aliphatic heterocycles. The summed E-state index contributed by atoms with van der Waals surface area (Å²) in [5.41, 5.74) is 9.79. The van der Waals surface area contributed by atoms with Crippen molar-refractivity contribution in [3.8, 4) is 11.4 Å². The number of benzene rings is 1. The second kappa shape index (κ2) is 4.75. The Kier molecular flexibility index (Phi) is 3.08. The van der Waals surface area contributed by atoms with Crippen LogP contribution in [0.4, 0.5) is 0 Å². The van der Waals surface area contributed by atoms with E-state index in [4.69, 9.17) is 5.73 Å². The molecule has 2 aromatic heterocycles. The molecule has 0 saturated carbocycles. The Morgan fingerprint density at radius 2 is 2.11 bits per heavy atom. The number of aryl methyl sites for hydroxylation is 1. The number of fused-ring (bicyclic) bond motifs is 1. The van der Waals surface area contributed by atoms with Crippen molar-refractivity contribution in [3.05, 3.63) is 46.7 Å². The first-order valence-corrected chi connectivity index (χ1v) is 6.74. The SMILES string of the molecule is Cn1c(-c2cncc(Br)c2)nc2cc(CN)ccc21. The zero-order valence-electron chi connectivity index (χ0n) is 10.5. The van der Waals surface area contributed by atoms with E-state index in [9.17, 15) is 0 Å². The number of aromatic nitrogens is 3. The van der Waals surface area contributed by atoms with Gasteiger partial charge in [0, 0.05) is 36.0 Å². The zero-order chi connectivity index (χ0) is 13.4. The maximum Gasteiger partial charge on any atom is 0.142 e. The molecule has 0 spiro atoms. The van der Waals surface area contributed by atoms with Gasteiger partial charge in [-0.25, -0.2) is 4.98 Å². The molecule has 19 heavy (non-hydrogen) atoms. The summed E-state index contributed by atoms with van der Waals surface area (Å²) >= 11 is 3.43. The van der Waals surface area contributed by atoms with Crippen LogP contribution in [0, 0.1) is 0 Å². The van der Waals surface area contributed by atoms with Crippen molar-refractivity contribution in [2.45, 2.75) is 6.54 Å². The molecule has 0 amide bonds. The lowest BCUT2D eigenvalue weighted by Crippen LogP contribution is -1.96. The van der Waals surface area contributed by atoms with Gasteiger partial charge in [0.25, 0.3) is 0 Å². The zero-order valence-corrected chi connectivity index (χ0v) is 12.1. The fourth-order valence-corrected chi connectivity index (χ4v) is 2.53. The van der Waals surface area contributed by atoms with E-state index in [0.717, 1.165) is 32.5 Å². The van der Waals surface area contributed by atoms with Crippen LogP contribution in [0.1, 0.15) is 5.56 Å². The van der Waals surface area contributed by atoms with Crippen molar-refractivity contribution in [2.24, 2.45) is 12.8 Å². The van der Waals surface area contributed by atoms with Crippen LogP contribution in [0.25, 0.3) is 22.4 Å². The predicted molar refractivity (Wildman–Crippen MR) is 79.5 cm³/mol. The minimum absolute atomic E-state index is 0.528. The predicted octanol–water partition coefficient (Wildman–Crippen LogP) is 2.86. The van der Waals surface area contributed by atoms with E-state index in [1.54, 1.807) is 6.20 Å². The summed E-state index contributed by atoms with van der Waals surface area (Å²) < 4.78 is 3.01. The van der Waals surface area contributed by atoms with Gasteiger partial charge in [-0.3, -0.25) is 4.98 Å². The lowest BCUT2D eigenvalue weighted by molar-refractivity contribution is 0.957. The minimum atomic E-state index is 0.528. The molecule has 5 heteroatoms. The van der Waals surface area contributed by atoms with Crippen LogP contribution in [-0.4, -0.2) is 14.5 Å². The molecule has 2 N–H and O–H groups in total. The molecule has 0 bridgehead atoms. The van der Waals surface area contributed by atoms with Crippen LogP contribution in [0.5, 0.6) is 0 Å². The number of nitrogens with two attached hydrogens (primary N) is 1. The average molecular weight is 317 g/mol. The number of nitrogens with zero attached hydrogens (tertiary/aromatic N) is 3. The fourth-order valence-electron chi connectivity index (χ4n) is 2.16.